The highest BCUT2D eigenvalue weighted by molar-refractivity contribution is 6.32. The molecule has 0 amide bonds. The van der Waals surface area contributed by atoms with Gasteiger partial charge >= 0.3 is 5.97 Å². The first-order valence-corrected chi connectivity index (χ1v) is 12.4. The van der Waals surface area contributed by atoms with Crippen LogP contribution in [0.1, 0.15) is 41.0 Å². The lowest BCUT2D eigenvalue weighted by atomic mass is 9.77. The van der Waals surface area contributed by atoms with Crippen LogP contribution in [0.25, 0.3) is 16.7 Å². The van der Waals surface area contributed by atoms with Gasteiger partial charge in [-0.25, -0.2) is 9.37 Å². The maximum Gasteiger partial charge on any atom is 0.307 e. The third-order valence-electron chi connectivity index (χ3n) is 7.13. The zero-order valence-corrected chi connectivity index (χ0v) is 20.5. The van der Waals surface area contributed by atoms with E-state index in [2.05, 4.69) is 39.4 Å². The van der Waals surface area contributed by atoms with Crippen molar-refractivity contribution in [1.82, 2.24) is 19.4 Å². The van der Waals surface area contributed by atoms with Crippen LogP contribution in [-0.4, -0.2) is 44.1 Å². The predicted octanol–water partition coefficient (Wildman–Crippen LogP) is 5.45. The van der Waals surface area contributed by atoms with E-state index in [9.17, 15) is 14.3 Å². The van der Waals surface area contributed by atoms with Gasteiger partial charge in [-0.1, -0.05) is 11.6 Å². The first-order valence-electron chi connectivity index (χ1n) is 12.0. The minimum atomic E-state index is -1.00. The fourth-order valence-electron chi connectivity index (χ4n) is 5.78. The molecule has 0 bridgehead atoms. The van der Waals surface area contributed by atoms with Crippen molar-refractivity contribution in [2.75, 3.05) is 18.9 Å². The summed E-state index contributed by atoms with van der Waals surface area (Å²) in [5.74, 6) is -0.0730. The van der Waals surface area contributed by atoms with Gasteiger partial charge in [-0.15, -0.1) is 0 Å². The summed E-state index contributed by atoms with van der Waals surface area (Å²) in [7, 11) is 2.16. The average Bonchev–Trinajstić information content (AvgIpc) is 3.16. The van der Waals surface area contributed by atoms with Gasteiger partial charge in [-0.05, 0) is 84.8 Å². The highest BCUT2D eigenvalue weighted by Crippen LogP contribution is 2.40. The Hall–Kier alpha value is -3.49. The number of hydrogen-bond acceptors (Lipinski definition) is 5. The Labute approximate surface area is 212 Å². The second-order valence-corrected chi connectivity index (χ2v) is 10.1. The van der Waals surface area contributed by atoms with E-state index in [1.54, 1.807) is 16.8 Å². The Balaban J connectivity index is 1.39. The van der Waals surface area contributed by atoms with Crippen LogP contribution in [0.3, 0.4) is 0 Å². The lowest BCUT2D eigenvalue weighted by molar-refractivity contribution is -0.136. The topological polar surface area (TPSA) is 83.3 Å². The average molecular weight is 506 g/mol. The molecule has 0 spiro atoms. The van der Waals surface area contributed by atoms with Crippen LogP contribution in [0.15, 0.2) is 42.7 Å². The number of fused-ring (bicyclic) bond motifs is 1. The van der Waals surface area contributed by atoms with Crippen LogP contribution in [-0.2, 0) is 24.2 Å². The van der Waals surface area contributed by atoms with Gasteiger partial charge in [0.05, 0.1) is 18.1 Å². The number of benzene rings is 2. The molecule has 0 radical (unpaired) electrons. The number of carbonyl (C=O) groups is 1. The molecule has 0 saturated carbocycles. The quantitative estimate of drug-likeness (QED) is 0.375. The molecule has 1 unspecified atom stereocenters. The molecule has 1 aliphatic carbocycles. The number of carboxylic acid groups (broad SMARTS) is 1. The number of anilines is 2. The van der Waals surface area contributed by atoms with Gasteiger partial charge in [-0.3, -0.25) is 9.36 Å². The third-order valence-corrected chi connectivity index (χ3v) is 7.40. The van der Waals surface area contributed by atoms with Crippen molar-refractivity contribution in [3.63, 3.8) is 0 Å². The summed E-state index contributed by atoms with van der Waals surface area (Å²) in [5, 5.41) is 13.5. The number of halogens is 2. The molecule has 2 aliphatic rings. The zero-order chi connectivity index (χ0) is 25.0. The summed E-state index contributed by atoms with van der Waals surface area (Å²) in [5.41, 5.74) is 6.28. The van der Waals surface area contributed by atoms with Crippen molar-refractivity contribution in [1.29, 1.82) is 0 Å². The maximum atomic E-state index is 14.0. The van der Waals surface area contributed by atoms with Crippen molar-refractivity contribution in [3.8, 4) is 5.82 Å². The summed E-state index contributed by atoms with van der Waals surface area (Å²) in [4.78, 5) is 22.8. The van der Waals surface area contributed by atoms with E-state index in [1.807, 2.05) is 0 Å². The SMILES string of the molecule is CN1Cc2cc(Nc3ncc(Cl)c(-n4cc(CC(=O)O)c5cc(F)ccc54)n3)cc3c2C(CCC3)C1. The number of aryl methyl sites for hydroxylation is 1. The number of rotatable bonds is 5. The molecule has 1 aliphatic heterocycles. The Morgan fingerprint density at radius 3 is 2.94 bits per heavy atom. The van der Waals surface area contributed by atoms with E-state index in [1.165, 1.54) is 47.9 Å². The van der Waals surface area contributed by atoms with E-state index >= 15 is 0 Å². The van der Waals surface area contributed by atoms with Crippen molar-refractivity contribution < 1.29 is 14.3 Å². The van der Waals surface area contributed by atoms with E-state index in [0.29, 0.717) is 39.2 Å². The molecule has 36 heavy (non-hydrogen) atoms. The minimum Gasteiger partial charge on any atom is -0.481 e. The van der Waals surface area contributed by atoms with Crippen LogP contribution in [0.4, 0.5) is 16.0 Å². The Morgan fingerprint density at radius 2 is 2.11 bits per heavy atom. The Morgan fingerprint density at radius 1 is 1.28 bits per heavy atom. The van der Waals surface area contributed by atoms with Crippen molar-refractivity contribution >= 4 is 40.1 Å². The van der Waals surface area contributed by atoms with Gasteiger partial charge in [0.1, 0.15) is 10.8 Å². The molecule has 2 aromatic heterocycles. The highest BCUT2D eigenvalue weighted by atomic mass is 35.5. The number of nitrogens with one attached hydrogen (secondary N) is 1. The number of likely N-dealkylation sites (N-methyl/N-ethyl adjacent to an activating group) is 1. The van der Waals surface area contributed by atoms with Gasteiger partial charge in [0.25, 0.3) is 0 Å². The van der Waals surface area contributed by atoms with E-state index in [4.69, 9.17) is 11.6 Å². The van der Waals surface area contributed by atoms with Crippen molar-refractivity contribution in [2.45, 2.75) is 38.1 Å². The van der Waals surface area contributed by atoms with Crippen LogP contribution in [0.5, 0.6) is 0 Å². The van der Waals surface area contributed by atoms with Gasteiger partial charge in [0.15, 0.2) is 5.82 Å². The summed E-state index contributed by atoms with van der Waals surface area (Å²) in [6, 6.07) is 8.65. The second-order valence-electron chi connectivity index (χ2n) is 9.74. The van der Waals surface area contributed by atoms with Crippen molar-refractivity contribution in [2.24, 2.45) is 0 Å². The van der Waals surface area contributed by atoms with Crippen molar-refractivity contribution in [3.05, 3.63) is 75.8 Å². The lowest BCUT2D eigenvalue weighted by Crippen LogP contribution is -2.33. The second kappa shape index (κ2) is 8.87. The molecule has 0 saturated heterocycles. The molecule has 1 atom stereocenters. The molecule has 7 nitrogen and oxygen atoms in total. The first kappa shape index (κ1) is 22.9. The van der Waals surface area contributed by atoms with Gasteiger partial charge in [0.2, 0.25) is 5.95 Å². The van der Waals surface area contributed by atoms with Gasteiger partial charge < -0.3 is 15.3 Å². The smallest absolute Gasteiger partial charge is 0.307 e. The van der Waals surface area contributed by atoms with Crippen LogP contribution >= 0.6 is 11.6 Å². The molecule has 184 valence electrons. The van der Waals surface area contributed by atoms with Crippen LogP contribution < -0.4 is 5.32 Å². The molecule has 6 rings (SSSR count). The van der Waals surface area contributed by atoms with Gasteiger partial charge in [0, 0.05) is 30.4 Å². The molecular weight excluding hydrogens is 481 g/mol. The molecule has 0 fully saturated rings. The summed E-state index contributed by atoms with van der Waals surface area (Å²) < 4.78 is 15.7. The van der Waals surface area contributed by atoms with E-state index in [-0.39, 0.29) is 6.42 Å². The maximum absolute atomic E-state index is 14.0. The first-order chi connectivity index (χ1) is 17.4. The molecule has 2 N–H and O–H groups in total. The minimum absolute atomic E-state index is 0.242. The summed E-state index contributed by atoms with van der Waals surface area (Å²) >= 11 is 6.49. The molecule has 2 aromatic carbocycles. The fraction of sp³-hybridized carbons (Fsp3) is 0.296. The summed E-state index contributed by atoms with van der Waals surface area (Å²) in [6.07, 6.45) is 6.42. The highest BCUT2D eigenvalue weighted by Gasteiger charge is 2.29. The fourth-order valence-corrected chi connectivity index (χ4v) is 5.96. The Kier molecular flexibility index (Phi) is 5.65. The largest absolute Gasteiger partial charge is 0.481 e. The molecule has 4 aromatic rings. The van der Waals surface area contributed by atoms with E-state index < -0.39 is 11.8 Å². The standard InChI is InChI=1S/C27H25ClFN5O2/c1-33-12-16-4-2-3-15-7-20(8-18(13-33)25(15)16)31-27-30-11-22(28)26(32-27)34-14-17(9-24(35)36)21-10-19(29)5-6-23(21)34/h5-8,10-11,14,16H,2-4,9,12-13H2,1H3,(H,35,36)(H,30,31,32). The summed E-state index contributed by atoms with van der Waals surface area (Å²) in [6.45, 7) is 2.02. The monoisotopic (exact) mass is 505 g/mol. The Bertz CT molecular complexity index is 1520. The number of carboxylic acids is 1. The van der Waals surface area contributed by atoms with Gasteiger partial charge in [-0.2, -0.15) is 4.98 Å². The third kappa shape index (κ3) is 4.10. The number of nitrogens with zero attached hydrogens (tertiary/aromatic N) is 4. The number of aromatic nitrogens is 3. The molecule has 9 heteroatoms. The number of hydrogen-bond donors (Lipinski definition) is 2. The normalized spacial score (nSPS) is 17.2. The van der Waals surface area contributed by atoms with Crippen LogP contribution in [0.2, 0.25) is 5.02 Å². The zero-order valence-electron chi connectivity index (χ0n) is 19.8. The molecule has 3 heterocycles. The lowest BCUT2D eigenvalue weighted by Gasteiger charge is -2.37. The number of aliphatic carboxylic acids is 1. The predicted molar refractivity (Wildman–Crippen MR) is 137 cm³/mol. The van der Waals surface area contributed by atoms with Crippen LogP contribution in [0, 0.1) is 5.82 Å². The van der Waals surface area contributed by atoms with E-state index in [0.717, 1.165) is 25.2 Å². The molecular formula is C27H25ClFN5O2.